The minimum Gasteiger partial charge on any atom is -0.385 e. The van der Waals surface area contributed by atoms with Crippen LogP contribution in [0.1, 0.15) is 25.0 Å². The van der Waals surface area contributed by atoms with Gasteiger partial charge in [-0.3, -0.25) is 0 Å². The van der Waals surface area contributed by atoms with E-state index in [2.05, 4.69) is 32.9 Å². The van der Waals surface area contributed by atoms with Crippen LogP contribution in [-0.4, -0.2) is 53.8 Å². The summed E-state index contributed by atoms with van der Waals surface area (Å²) < 4.78 is 7.38. The molecule has 0 amide bonds. The van der Waals surface area contributed by atoms with Gasteiger partial charge in [-0.05, 0) is 45.2 Å². The molecule has 1 N–H and O–H groups in total. The van der Waals surface area contributed by atoms with E-state index in [9.17, 15) is 0 Å². The summed E-state index contributed by atoms with van der Waals surface area (Å²) in [6.45, 7) is 7.58. The molecule has 1 unspecified atom stereocenters. The predicted molar refractivity (Wildman–Crippen MR) is 80.0 cm³/mol. The highest BCUT2D eigenvalue weighted by molar-refractivity contribution is 5.31. The van der Waals surface area contributed by atoms with E-state index in [0.29, 0.717) is 6.04 Å². The largest absolute Gasteiger partial charge is 0.385 e. The number of fused-ring (bicyclic) bond motifs is 3. The smallest absolute Gasteiger partial charge is 0.203 e. The molecule has 4 heterocycles. The second-order valence-electron chi connectivity index (χ2n) is 6.13. The molecule has 0 spiro atoms. The highest BCUT2D eigenvalue weighted by atomic mass is 16.5. The van der Waals surface area contributed by atoms with Crippen molar-refractivity contribution >= 4 is 5.95 Å². The van der Waals surface area contributed by atoms with Crippen LogP contribution in [0.3, 0.4) is 0 Å². The summed E-state index contributed by atoms with van der Waals surface area (Å²) in [7, 11) is 1.76. The van der Waals surface area contributed by atoms with Crippen LogP contribution in [0.25, 0.3) is 0 Å². The maximum absolute atomic E-state index is 5.14. The number of aryl methyl sites for hydroxylation is 2. The molecule has 5 heteroatoms. The van der Waals surface area contributed by atoms with Crippen LogP contribution in [0.2, 0.25) is 0 Å². The van der Waals surface area contributed by atoms with Gasteiger partial charge in [0.25, 0.3) is 0 Å². The molecule has 1 aromatic rings. The number of hydrogen-bond acceptors (Lipinski definition) is 4. The van der Waals surface area contributed by atoms with Crippen molar-refractivity contribution in [1.82, 2.24) is 14.5 Å². The molecule has 0 saturated carbocycles. The van der Waals surface area contributed by atoms with Crippen LogP contribution in [0.4, 0.5) is 5.95 Å². The average molecular weight is 278 g/mol. The fraction of sp³-hybridized carbons (Fsp3) is 0.800. The van der Waals surface area contributed by atoms with E-state index in [-0.39, 0.29) is 0 Å². The molecule has 3 saturated heterocycles. The number of hydrogen-bond donors (Lipinski definition) is 1. The van der Waals surface area contributed by atoms with Crippen molar-refractivity contribution in [2.75, 3.05) is 38.7 Å². The SMILES string of the molecule is COCCCn1cc(C)nc1NC1CN2CCC1CC2. The number of piperidine rings is 3. The second-order valence-corrected chi connectivity index (χ2v) is 6.13. The van der Waals surface area contributed by atoms with Gasteiger partial charge >= 0.3 is 0 Å². The first-order valence-corrected chi connectivity index (χ1v) is 7.78. The van der Waals surface area contributed by atoms with Gasteiger partial charge in [-0.1, -0.05) is 0 Å². The van der Waals surface area contributed by atoms with Gasteiger partial charge < -0.3 is 19.5 Å². The van der Waals surface area contributed by atoms with E-state index in [1.807, 2.05) is 0 Å². The second kappa shape index (κ2) is 6.14. The average Bonchev–Trinajstić information content (AvgIpc) is 2.80. The molecular formula is C15H26N4O. The molecule has 20 heavy (non-hydrogen) atoms. The summed E-state index contributed by atoms with van der Waals surface area (Å²) in [5.74, 6) is 1.86. The summed E-state index contributed by atoms with van der Waals surface area (Å²) in [5.41, 5.74) is 1.09. The van der Waals surface area contributed by atoms with Crippen molar-refractivity contribution in [3.63, 3.8) is 0 Å². The highest BCUT2D eigenvalue weighted by Gasteiger charge is 2.34. The molecule has 0 radical (unpaired) electrons. The van der Waals surface area contributed by atoms with E-state index in [4.69, 9.17) is 4.74 Å². The number of ether oxygens (including phenoxy) is 1. The molecule has 0 aliphatic carbocycles. The lowest BCUT2D eigenvalue weighted by Gasteiger charge is -2.45. The third-order valence-electron chi connectivity index (χ3n) is 4.62. The lowest BCUT2D eigenvalue weighted by Crippen LogP contribution is -2.53. The highest BCUT2D eigenvalue weighted by Crippen LogP contribution is 2.29. The lowest BCUT2D eigenvalue weighted by molar-refractivity contribution is 0.0970. The first-order valence-electron chi connectivity index (χ1n) is 7.78. The Morgan fingerprint density at radius 1 is 1.40 bits per heavy atom. The molecule has 2 bridgehead atoms. The summed E-state index contributed by atoms with van der Waals surface area (Å²) in [6.07, 6.45) is 5.84. The number of rotatable bonds is 6. The number of aromatic nitrogens is 2. The van der Waals surface area contributed by atoms with E-state index in [0.717, 1.165) is 37.1 Å². The minimum absolute atomic E-state index is 0.570. The van der Waals surface area contributed by atoms with Crippen molar-refractivity contribution in [1.29, 1.82) is 0 Å². The van der Waals surface area contributed by atoms with Crippen molar-refractivity contribution < 1.29 is 4.74 Å². The van der Waals surface area contributed by atoms with Crippen molar-refractivity contribution in [3.05, 3.63) is 11.9 Å². The Hall–Kier alpha value is -1.07. The molecule has 1 atom stereocenters. The Balaban J connectivity index is 1.64. The van der Waals surface area contributed by atoms with Gasteiger partial charge in [0.2, 0.25) is 5.95 Å². The van der Waals surface area contributed by atoms with Gasteiger partial charge in [-0.25, -0.2) is 4.98 Å². The van der Waals surface area contributed by atoms with Crippen LogP contribution in [-0.2, 0) is 11.3 Å². The van der Waals surface area contributed by atoms with Crippen LogP contribution in [0.15, 0.2) is 6.20 Å². The molecule has 0 aromatic carbocycles. The van der Waals surface area contributed by atoms with Crippen molar-refractivity contribution in [2.45, 2.75) is 38.8 Å². The first kappa shape index (κ1) is 13.9. The lowest BCUT2D eigenvalue weighted by atomic mass is 9.84. The van der Waals surface area contributed by atoms with Crippen LogP contribution in [0, 0.1) is 12.8 Å². The van der Waals surface area contributed by atoms with Gasteiger partial charge in [-0.15, -0.1) is 0 Å². The maximum atomic E-state index is 5.14. The van der Waals surface area contributed by atoms with E-state index in [1.165, 1.54) is 32.5 Å². The molecule has 112 valence electrons. The fourth-order valence-electron chi connectivity index (χ4n) is 3.51. The maximum Gasteiger partial charge on any atom is 0.203 e. The molecule has 1 aromatic heterocycles. The first-order chi connectivity index (χ1) is 9.76. The quantitative estimate of drug-likeness (QED) is 0.805. The molecule has 3 aliphatic rings. The van der Waals surface area contributed by atoms with Crippen molar-refractivity contribution in [3.8, 4) is 0 Å². The Morgan fingerprint density at radius 3 is 2.85 bits per heavy atom. The summed E-state index contributed by atoms with van der Waals surface area (Å²) in [4.78, 5) is 7.23. The number of nitrogens with one attached hydrogen (secondary N) is 1. The van der Waals surface area contributed by atoms with Crippen molar-refractivity contribution in [2.24, 2.45) is 5.92 Å². The molecule has 5 nitrogen and oxygen atoms in total. The number of anilines is 1. The summed E-state index contributed by atoms with van der Waals surface area (Å²) >= 11 is 0. The van der Waals surface area contributed by atoms with Crippen LogP contribution < -0.4 is 5.32 Å². The zero-order valence-electron chi connectivity index (χ0n) is 12.6. The van der Waals surface area contributed by atoms with Gasteiger partial charge in [0, 0.05) is 39.0 Å². The fourth-order valence-corrected chi connectivity index (χ4v) is 3.51. The molecule has 3 fully saturated rings. The topological polar surface area (TPSA) is 42.3 Å². The monoisotopic (exact) mass is 278 g/mol. The van der Waals surface area contributed by atoms with Gasteiger partial charge in [0.1, 0.15) is 0 Å². The standard InChI is InChI=1S/C15H26N4O/c1-12-10-19(6-3-9-20-2)15(16-12)17-14-11-18-7-4-13(14)5-8-18/h10,13-14H,3-9,11H2,1-2H3,(H,16,17). The number of imidazole rings is 1. The van der Waals surface area contributed by atoms with E-state index in [1.54, 1.807) is 7.11 Å². The third-order valence-corrected chi connectivity index (χ3v) is 4.62. The van der Waals surface area contributed by atoms with E-state index < -0.39 is 0 Å². The Bertz CT molecular complexity index is 437. The zero-order valence-corrected chi connectivity index (χ0v) is 12.6. The van der Waals surface area contributed by atoms with Crippen LogP contribution >= 0.6 is 0 Å². The third kappa shape index (κ3) is 2.99. The summed E-state index contributed by atoms with van der Waals surface area (Å²) in [5, 5.41) is 3.70. The van der Waals surface area contributed by atoms with Gasteiger partial charge in [-0.2, -0.15) is 0 Å². The van der Waals surface area contributed by atoms with Gasteiger partial charge in [0.05, 0.1) is 5.69 Å². The minimum atomic E-state index is 0.570. The molecular weight excluding hydrogens is 252 g/mol. The van der Waals surface area contributed by atoms with E-state index >= 15 is 0 Å². The molecule has 3 aliphatic heterocycles. The zero-order chi connectivity index (χ0) is 13.9. The van der Waals surface area contributed by atoms with Gasteiger partial charge in [0.15, 0.2) is 0 Å². The number of methoxy groups -OCH3 is 1. The Morgan fingerprint density at radius 2 is 2.20 bits per heavy atom. The Labute approximate surface area is 121 Å². The number of nitrogens with zero attached hydrogens (tertiary/aromatic N) is 3. The van der Waals surface area contributed by atoms with Crippen LogP contribution in [0.5, 0.6) is 0 Å². The Kier molecular flexibility index (Phi) is 4.27. The molecule has 4 rings (SSSR count). The predicted octanol–water partition coefficient (Wildman–Crippen LogP) is 1.73. The summed E-state index contributed by atoms with van der Waals surface area (Å²) in [6, 6.07) is 0.570. The normalized spacial score (nSPS) is 28.8.